The summed E-state index contributed by atoms with van der Waals surface area (Å²) in [5.74, 6) is 0.952. The smallest absolute Gasteiger partial charge is 0.269 e. The lowest BCUT2D eigenvalue weighted by atomic mass is 10.2. The number of nitro benzene ring substituents is 1. The molecule has 0 N–H and O–H groups in total. The van der Waals surface area contributed by atoms with Crippen LogP contribution in [0.1, 0.15) is 11.1 Å². The van der Waals surface area contributed by atoms with Gasteiger partial charge in [0.1, 0.15) is 6.61 Å². The Labute approximate surface area is 157 Å². The van der Waals surface area contributed by atoms with Crippen molar-refractivity contribution in [1.29, 1.82) is 0 Å². The largest absolute Gasteiger partial charge is 0.493 e. The van der Waals surface area contributed by atoms with Crippen LogP contribution in [0, 0.1) is 10.1 Å². The Morgan fingerprint density at radius 3 is 2.56 bits per heavy atom. The van der Waals surface area contributed by atoms with Gasteiger partial charge in [-0.05, 0) is 75.1 Å². The quantitative estimate of drug-likeness (QED) is 0.277. The summed E-state index contributed by atoms with van der Waals surface area (Å²) >= 11 is 8.69. The van der Waals surface area contributed by atoms with Crippen molar-refractivity contribution in [1.82, 2.24) is 0 Å². The molecule has 0 radical (unpaired) electrons. The number of nitrogens with zero attached hydrogens (tertiary/aromatic N) is 1. The molecular formula is C17H13BrClNO5. The maximum Gasteiger partial charge on any atom is 0.269 e. The number of methoxy groups -OCH3 is 1. The van der Waals surface area contributed by atoms with Gasteiger partial charge in [0.25, 0.3) is 5.69 Å². The van der Waals surface area contributed by atoms with Gasteiger partial charge in [-0.25, -0.2) is 0 Å². The van der Waals surface area contributed by atoms with Crippen LogP contribution in [0.3, 0.4) is 0 Å². The Kier molecular flexibility index (Phi) is 6.55. The van der Waals surface area contributed by atoms with Crippen LogP contribution < -0.4 is 9.47 Å². The minimum absolute atomic E-state index is 0.0208. The van der Waals surface area contributed by atoms with Gasteiger partial charge in [-0.2, -0.15) is 0 Å². The predicted molar refractivity (Wildman–Crippen MR) is 98.0 cm³/mol. The molecule has 0 aliphatic rings. The third kappa shape index (κ3) is 5.30. The van der Waals surface area contributed by atoms with Gasteiger partial charge in [-0.1, -0.05) is 0 Å². The highest BCUT2D eigenvalue weighted by atomic mass is 79.9. The van der Waals surface area contributed by atoms with Crippen molar-refractivity contribution in [3.05, 3.63) is 68.2 Å². The van der Waals surface area contributed by atoms with E-state index in [1.807, 2.05) is 0 Å². The van der Waals surface area contributed by atoms with Crippen LogP contribution >= 0.6 is 27.5 Å². The first-order valence-corrected chi connectivity index (χ1v) is 8.19. The van der Waals surface area contributed by atoms with Gasteiger partial charge in [0.15, 0.2) is 11.5 Å². The van der Waals surface area contributed by atoms with Gasteiger partial charge in [0.05, 0.1) is 16.5 Å². The van der Waals surface area contributed by atoms with Crippen LogP contribution in [0.4, 0.5) is 5.69 Å². The van der Waals surface area contributed by atoms with Crippen LogP contribution in [0.25, 0.3) is 6.08 Å². The number of allylic oxidation sites excluding steroid dienone is 1. The molecule has 0 bridgehead atoms. The Bertz CT molecular complexity index is 821. The van der Waals surface area contributed by atoms with Gasteiger partial charge in [-0.3, -0.25) is 14.9 Å². The molecule has 0 aromatic heterocycles. The van der Waals surface area contributed by atoms with Crippen LogP contribution in [0.5, 0.6) is 11.5 Å². The molecule has 0 saturated carbocycles. The minimum Gasteiger partial charge on any atom is -0.493 e. The lowest BCUT2D eigenvalue weighted by molar-refractivity contribution is -0.384. The van der Waals surface area contributed by atoms with Crippen molar-refractivity contribution in [2.24, 2.45) is 0 Å². The third-order valence-corrected chi connectivity index (χ3v) is 3.90. The van der Waals surface area contributed by atoms with E-state index in [1.165, 1.54) is 25.3 Å². The zero-order valence-electron chi connectivity index (χ0n) is 13.1. The molecule has 6 nitrogen and oxygen atoms in total. The topological polar surface area (TPSA) is 78.7 Å². The summed E-state index contributed by atoms with van der Waals surface area (Å²) in [6, 6.07) is 9.55. The number of non-ortho nitro benzene ring substituents is 1. The second-order valence-corrected chi connectivity index (χ2v) is 6.11. The molecule has 0 aliphatic heterocycles. The predicted octanol–water partition coefficient (Wildman–Crippen LogP) is 4.72. The highest BCUT2D eigenvalue weighted by molar-refractivity contribution is 9.10. The maximum absolute atomic E-state index is 10.8. The first kappa shape index (κ1) is 19.0. The summed E-state index contributed by atoms with van der Waals surface area (Å²) in [5.41, 5.74) is 1.50. The van der Waals surface area contributed by atoms with Crippen LogP contribution in [0.15, 0.2) is 46.9 Å². The first-order chi connectivity index (χ1) is 11.9. The zero-order chi connectivity index (χ0) is 18.4. The van der Waals surface area contributed by atoms with Gasteiger partial charge in [0, 0.05) is 12.1 Å². The summed E-state index contributed by atoms with van der Waals surface area (Å²) in [6.07, 6.45) is 2.79. The Morgan fingerprint density at radius 2 is 2.00 bits per heavy atom. The molecule has 0 atom stereocenters. The number of carbonyl (C=O) groups excluding carboxylic acids is 1. The molecule has 8 heteroatoms. The second kappa shape index (κ2) is 8.64. The molecule has 0 fully saturated rings. The summed E-state index contributed by atoms with van der Waals surface area (Å²) < 4.78 is 11.7. The first-order valence-electron chi connectivity index (χ1n) is 7.02. The Hall–Kier alpha value is -2.38. The fourth-order valence-corrected chi connectivity index (χ4v) is 2.64. The zero-order valence-corrected chi connectivity index (χ0v) is 15.4. The van der Waals surface area contributed by atoms with Crippen LogP contribution in [-0.2, 0) is 11.4 Å². The molecular weight excluding hydrogens is 414 g/mol. The Morgan fingerprint density at radius 1 is 1.32 bits per heavy atom. The van der Waals surface area contributed by atoms with Gasteiger partial charge in [0.2, 0.25) is 5.24 Å². The number of benzene rings is 2. The summed E-state index contributed by atoms with van der Waals surface area (Å²) in [5, 5.41) is 10.1. The molecule has 0 spiro atoms. The summed E-state index contributed by atoms with van der Waals surface area (Å²) in [7, 11) is 1.50. The lowest BCUT2D eigenvalue weighted by Crippen LogP contribution is -1.99. The molecule has 2 aromatic rings. The Balaban J connectivity index is 2.18. The van der Waals surface area contributed by atoms with Gasteiger partial charge < -0.3 is 9.47 Å². The fraction of sp³-hybridized carbons (Fsp3) is 0.118. The molecule has 130 valence electrons. The van der Waals surface area contributed by atoms with Crippen LogP contribution in [-0.4, -0.2) is 17.3 Å². The summed E-state index contributed by atoms with van der Waals surface area (Å²) in [6.45, 7) is 0.211. The molecule has 0 aliphatic carbocycles. The van der Waals surface area contributed by atoms with Crippen molar-refractivity contribution in [3.8, 4) is 11.5 Å². The lowest BCUT2D eigenvalue weighted by Gasteiger charge is -2.13. The monoisotopic (exact) mass is 425 g/mol. The number of halogens is 2. The van der Waals surface area contributed by atoms with Crippen molar-refractivity contribution in [2.45, 2.75) is 6.61 Å². The maximum atomic E-state index is 10.8. The average Bonchev–Trinajstić information content (AvgIpc) is 2.58. The summed E-state index contributed by atoms with van der Waals surface area (Å²) in [4.78, 5) is 21.0. The van der Waals surface area contributed by atoms with Crippen molar-refractivity contribution in [2.75, 3.05) is 7.11 Å². The van der Waals surface area contributed by atoms with Gasteiger partial charge >= 0.3 is 0 Å². The number of rotatable bonds is 7. The SMILES string of the molecule is COc1cc(/C=C/C(=O)Cl)cc(Br)c1OCc1ccc([N+](=O)[O-])cc1. The average molecular weight is 427 g/mol. The standard InChI is InChI=1S/C17H13BrClNO5/c1-24-15-9-12(4-7-16(19)21)8-14(18)17(15)25-10-11-2-5-13(6-3-11)20(22)23/h2-9H,10H2,1H3/b7-4+. The number of carbonyl (C=O) groups is 1. The van der Waals surface area contributed by atoms with Crippen molar-refractivity contribution >= 4 is 44.5 Å². The van der Waals surface area contributed by atoms with Crippen LogP contribution in [0.2, 0.25) is 0 Å². The van der Waals surface area contributed by atoms with Crippen molar-refractivity contribution < 1.29 is 19.2 Å². The van der Waals surface area contributed by atoms with E-state index in [4.69, 9.17) is 21.1 Å². The normalized spacial score (nSPS) is 10.7. The second-order valence-electron chi connectivity index (χ2n) is 4.88. The van der Waals surface area contributed by atoms with E-state index in [9.17, 15) is 14.9 Å². The van der Waals surface area contributed by atoms with E-state index in [1.54, 1.807) is 30.3 Å². The molecule has 0 saturated heterocycles. The molecule has 0 heterocycles. The van der Waals surface area contributed by atoms with E-state index in [0.717, 1.165) is 5.56 Å². The van der Waals surface area contributed by atoms with E-state index in [-0.39, 0.29) is 12.3 Å². The van der Waals surface area contributed by atoms with E-state index >= 15 is 0 Å². The molecule has 0 unspecified atom stereocenters. The molecule has 2 aromatic carbocycles. The van der Waals surface area contributed by atoms with Gasteiger partial charge in [-0.15, -0.1) is 0 Å². The van der Waals surface area contributed by atoms with Crippen molar-refractivity contribution in [3.63, 3.8) is 0 Å². The number of hydrogen-bond donors (Lipinski definition) is 0. The molecule has 0 amide bonds. The third-order valence-electron chi connectivity index (χ3n) is 3.19. The highest BCUT2D eigenvalue weighted by Gasteiger charge is 2.12. The fourth-order valence-electron chi connectivity index (χ4n) is 2.01. The van der Waals surface area contributed by atoms with E-state index in [2.05, 4.69) is 15.9 Å². The molecule has 25 heavy (non-hydrogen) atoms. The number of nitro groups is 1. The highest BCUT2D eigenvalue weighted by Crippen LogP contribution is 2.37. The number of hydrogen-bond acceptors (Lipinski definition) is 5. The number of ether oxygens (including phenoxy) is 2. The molecule has 2 rings (SSSR count). The van der Waals surface area contributed by atoms with E-state index < -0.39 is 10.2 Å². The minimum atomic E-state index is -0.575. The van der Waals surface area contributed by atoms with E-state index in [0.29, 0.717) is 21.5 Å².